The van der Waals surface area contributed by atoms with Gasteiger partial charge in [0.2, 0.25) is 10.0 Å². The van der Waals surface area contributed by atoms with Crippen LogP contribution in [0.4, 0.5) is 4.39 Å². The van der Waals surface area contributed by atoms with Gasteiger partial charge >= 0.3 is 0 Å². The highest BCUT2D eigenvalue weighted by molar-refractivity contribution is 7.99. The van der Waals surface area contributed by atoms with Gasteiger partial charge in [0.1, 0.15) is 5.82 Å². The first kappa shape index (κ1) is 23.4. The van der Waals surface area contributed by atoms with E-state index in [2.05, 4.69) is 16.3 Å². The highest BCUT2D eigenvalue weighted by atomic mass is 32.2. The summed E-state index contributed by atoms with van der Waals surface area (Å²) in [4.78, 5) is 0.166. The van der Waals surface area contributed by atoms with Crippen LogP contribution in [0.2, 0.25) is 0 Å². The lowest BCUT2D eigenvalue weighted by atomic mass is 10.2. The third-order valence-corrected chi connectivity index (χ3v) is 7.99. The molecule has 1 fully saturated rings. The summed E-state index contributed by atoms with van der Waals surface area (Å²) in [7, 11) is -3.68. The van der Waals surface area contributed by atoms with Crippen LogP contribution in [-0.2, 0) is 14.8 Å². The van der Waals surface area contributed by atoms with Crippen LogP contribution in [0.3, 0.4) is 0 Å². The van der Waals surface area contributed by atoms with Gasteiger partial charge in [-0.2, -0.15) is 9.57 Å². The zero-order valence-corrected chi connectivity index (χ0v) is 19.4. The molecule has 0 aliphatic carbocycles. The number of benzene rings is 2. The number of halogens is 1. The lowest BCUT2D eigenvalue weighted by Crippen LogP contribution is -2.40. The van der Waals surface area contributed by atoms with Crippen molar-refractivity contribution < 1.29 is 17.5 Å². The third kappa shape index (κ3) is 5.25. The Balaban J connectivity index is 1.72. The molecule has 4 rings (SSSR count). The molecule has 0 atom stereocenters. The zero-order valence-electron chi connectivity index (χ0n) is 17.7. The number of thioether (sulfide) groups is 1. The van der Waals surface area contributed by atoms with Gasteiger partial charge in [0.15, 0.2) is 11.0 Å². The molecule has 0 saturated carbocycles. The molecule has 1 aliphatic rings. The van der Waals surface area contributed by atoms with E-state index in [4.69, 9.17) is 10.00 Å². The van der Waals surface area contributed by atoms with Crippen LogP contribution in [0.1, 0.15) is 12.8 Å². The van der Waals surface area contributed by atoms with E-state index in [0.29, 0.717) is 67.1 Å². The van der Waals surface area contributed by atoms with E-state index in [0.717, 1.165) is 0 Å². The van der Waals surface area contributed by atoms with Crippen molar-refractivity contribution in [2.24, 2.45) is 0 Å². The summed E-state index contributed by atoms with van der Waals surface area (Å²) in [6.45, 7) is 1.35. The number of ether oxygens (including phenoxy) is 1. The van der Waals surface area contributed by atoms with Crippen LogP contribution in [0, 0.1) is 17.1 Å². The van der Waals surface area contributed by atoms with Gasteiger partial charge in [-0.15, -0.1) is 10.2 Å². The summed E-state index contributed by atoms with van der Waals surface area (Å²) in [5, 5.41) is 18.0. The topological polar surface area (TPSA) is 101 Å². The largest absolute Gasteiger partial charge is 0.379 e. The number of morpholine rings is 1. The summed E-state index contributed by atoms with van der Waals surface area (Å²) in [6.07, 6.45) is 1.13. The highest BCUT2D eigenvalue weighted by Crippen LogP contribution is 2.30. The maximum absolute atomic E-state index is 13.5. The quantitative estimate of drug-likeness (QED) is 0.354. The molecule has 0 unspecified atom stereocenters. The molecule has 0 N–H and O–H groups in total. The first-order chi connectivity index (χ1) is 16.0. The predicted molar refractivity (Wildman–Crippen MR) is 122 cm³/mol. The monoisotopic (exact) mass is 487 g/mol. The molecule has 2 aromatic carbocycles. The lowest BCUT2D eigenvalue weighted by molar-refractivity contribution is 0.0730. The Hall–Kier alpha value is -2.78. The van der Waals surface area contributed by atoms with Crippen molar-refractivity contribution in [2.75, 3.05) is 32.1 Å². The molecule has 1 saturated heterocycles. The van der Waals surface area contributed by atoms with Crippen molar-refractivity contribution in [3.63, 3.8) is 0 Å². The Morgan fingerprint density at radius 3 is 2.61 bits per heavy atom. The number of aromatic nitrogens is 3. The van der Waals surface area contributed by atoms with Crippen LogP contribution in [0.5, 0.6) is 0 Å². The fourth-order valence-electron chi connectivity index (χ4n) is 3.42. The Morgan fingerprint density at radius 1 is 1.12 bits per heavy atom. The minimum Gasteiger partial charge on any atom is -0.379 e. The summed E-state index contributed by atoms with van der Waals surface area (Å²) in [5.41, 5.74) is 1.23. The van der Waals surface area contributed by atoms with Crippen molar-refractivity contribution in [1.29, 1.82) is 5.26 Å². The van der Waals surface area contributed by atoms with Crippen molar-refractivity contribution >= 4 is 21.8 Å². The Labute approximate surface area is 196 Å². The van der Waals surface area contributed by atoms with E-state index in [9.17, 15) is 12.8 Å². The predicted octanol–water partition coefficient (Wildman–Crippen LogP) is 3.49. The molecule has 0 spiro atoms. The Bertz CT molecular complexity index is 1250. The van der Waals surface area contributed by atoms with Crippen molar-refractivity contribution in [1.82, 2.24) is 19.1 Å². The normalized spacial score (nSPS) is 14.8. The number of hydrogen-bond acceptors (Lipinski definition) is 7. The van der Waals surface area contributed by atoms with Gasteiger partial charge in [-0.05, 0) is 42.8 Å². The summed E-state index contributed by atoms with van der Waals surface area (Å²) < 4.78 is 48.3. The van der Waals surface area contributed by atoms with Gasteiger partial charge in [0, 0.05) is 36.5 Å². The molecular formula is C22H22FN5O3S2. The molecule has 33 heavy (non-hydrogen) atoms. The molecule has 8 nitrogen and oxygen atoms in total. The van der Waals surface area contributed by atoms with E-state index in [1.165, 1.54) is 28.2 Å². The molecular weight excluding hydrogens is 465 g/mol. The van der Waals surface area contributed by atoms with Crippen LogP contribution >= 0.6 is 11.8 Å². The molecule has 3 aromatic rings. The smallest absolute Gasteiger partial charge is 0.243 e. The fraction of sp³-hybridized carbons (Fsp3) is 0.318. The molecule has 11 heteroatoms. The first-order valence-corrected chi connectivity index (χ1v) is 12.8. The van der Waals surface area contributed by atoms with Gasteiger partial charge in [-0.25, -0.2) is 12.8 Å². The molecule has 0 radical (unpaired) electrons. The zero-order chi connectivity index (χ0) is 23.3. The van der Waals surface area contributed by atoms with Crippen LogP contribution in [0.25, 0.3) is 17.1 Å². The van der Waals surface area contributed by atoms with E-state index < -0.39 is 10.0 Å². The second kappa shape index (κ2) is 10.4. The Morgan fingerprint density at radius 2 is 1.88 bits per heavy atom. The van der Waals surface area contributed by atoms with Gasteiger partial charge in [0.25, 0.3) is 0 Å². The van der Waals surface area contributed by atoms with Crippen molar-refractivity contribution in [2.45, 2.75) is 22.9 Å². The maximum atomic E-state index is 13.5. The number of hydrogen-bond donors (Lipinski definition) is 0. The maximum Gasteiger partial charge on any atom is 0.243 e. The molecule has 0 bridgehead atoms. The number of unbranched alkanes of at least 4 members (excludes halogenated alkanes) is 1. The number of rotatable bonds is 8. The van der Waals surface area contributed by atoms with Crippen LogP contribution in [0.15, 0.2) is 58.6 Å². The average molecular weight is 488 g/mol. The SMILES string of the molecule is N#CCCCSc1nnc(-c2cccc(S(=O)(=O)N3CCOCC3)c2)n1-c1ccc(F)cc1. The Kier molecular flexibility index (Phi) is 7.39. The van der Waals surface area contributed by atoms with Gasteiger partial charge in [-0.1, -0.05) is 23.9 Å². The molecule has 1 aromatic heterocycles. The van der Waals surface area contributed by atoms with Crippen molar-refractivity contribution in [3.8, 4) is 23.1 Å². The van der Waals surface area contributed by atoms with Crippen LogP contribution < -0.4 is 0 Å². The van der Waals surface area contributed by atoms with Gasteiger partial charge in [0.05, 0.1) is 24.2 Å². The van der Waals surface area contributed by atoms with E-state index >= 15 is 0 Å². The minimum atomic E-state index is -3.68. The van der Waals surface area contributed by atoms with Crippen molar-refractivity contribution in [3.05, 3.63) is 54.3 Å². The number of nitriles is 1. The number of sulfonamides is 1. The molecule has 0 amide bonds. The van der Waals surface area contributed by atoms with E-state index in [1.54, 1.807) is 41.0 Å². The summed E-state index contributed by atoms with van der Waals surface area (Å²) in [6, 6.07) is 14.6. The summed E-state index contributed by atoms with van der Waals surface area (Å²) in [5.74, 6) is 0.747. The molecule has 172 valence electrons. The first-order valence-electron chi connectivity index (χ1n) is 10.4. The second-order valence-electron chi connectivity index (χ2n) is 7.27. The lowest BCUT2D eigenvalue weighted by Gasteiger charge is -2.26. The fourth-order valence-corrected chi connectivity index (χ4v) is 5.76. The molecule has 2 heterocycles. The van der Waals surface area contributed by atoms with Crippen LogP contribution in [-0.4, -0.2) is 59.5 Å². The van der Waals surface area contributed by atoms with Gasteiger partial charge < -0.3 is 4.74 Å². The second-order valence-corrected chi connectivity index (χ2v) is 10.3. The third-order valence-electron chi connectivity index (χ3n) is 5.08. The average Bonchev–Trinajstić information content (AvgIpc) is 3.27. The van der Waals surface area contributed by atoms with Gasteiger partial charge in [-0.3, -0.25) is 4.57 Å². The van der Waals surface area contributed by atoms with E-state index in [-0.39, 0.29) is 10.7 Å². The molecule has 1 aliphatic heterocycles. The standard InChI is InChI=1S/C22H22FN5O3S2/c23-18-6-8-19(9-7-18)28-21(25-26-22(28)32-15-2-1-10-24)17-4-3-5-20(16-17)33(29,30)27-11-13-31-14-12-27/h3-9,16H,1-2,11-15H2. The van der Waals surface area contributed by atoms with E-state index in [1.807, 2.05) is 0 Å². The summed E-state index contributed by atoms with van der Waals surface area (Å²) >= 11 is 1.44. The minimum absolute atomic E-state index is 0.166. The highest BCUT2D eigenvalue weighted by Gasteiger charge is 2.27. The number of nitrogens with zero attached hydrogens (tertiary/aromatic N) is 5.